The second-order valence-corrected chi connectivity index (χ2v) is 5.43. The lowest BCUT2D eigenvalue weighted by Gasteiger charge is -2.02. The molecule has 0 aliphatic carbocycles. The monoisotopic (exact) mass is 321 g/mol. The molecule has 24 heavy (non-hydrogen) atoms. The number of carbonyl (C=O) groups is 1. The lowest BCUT2D eigenvalue weighted by atomic mass is 10.1. The van der Waals surface area contributed by atoms with E-state index in [9.17, 15) is 4.79 Å². The molecule has 122 valence electrons. The highest BCUT2D eigenvalue weighted by Crippen LogP contribution is 2.24. The van der Waals surface area contributed by atoms with Crippen molar-refractivity contribution in [1.82, 2.24) is 0 Å². The molecule has 1 heterocycles. The molecule has 4 heteroatoms. The first kappa shape index (κ1) is 15.9. The fourth-order valence-electron chi connectivity index (χ4n) is 2.42. The minimum absolute atomic E-state index is 0.197. The van der Waals surface area contributed by atoms with Gasteiger partial charge in [-0.25, -0.2) is 0 Å². The van der Waals surface area contributed by atoms with Crippen LogP contribution < -0.4 is 10.1 Å². The van der Waals surface area contributed by atoms with Crippen molar-refractivity contribution in [2.45, 2.75) is 13.3 Å². The van der Waals surface area contributed by atoms with Crippen LogP contribution in [0.3, 0.4) is 0 Å². The molecule has 1 N–H and O–H groups in total. The van der Waals surface area contributed by atoms with E-state index in [1.807, 2.05) is 48.5 Å². The highest BCUT2D eigenvalue weighted by molar-refractivity contribution is 6.02. The Labute approximate surface area is 140 Å². The Bertz CT molecular complexity index is 876. The number of methoxy groups -OCH3 is 1. The Hall–Kier alpha value is -3.01. The van der Waals surface area contributed by atoms with Gasteiger partial charge >= 0.3 is 0 Å². The molecule has 0 unspecified atom stereocenters. The highest BCUT2D eigenvalue weighted by atomic mass is 16.5. The summed E-state index contributed by atoms with van der Waals surface area (Å²) in [5, 5.41) is 3.76. The molecule has 0 aliphatic heterocycles. The van der Waals surface area contributed by atoms with Crippen LogP contribution in [0.5, 0.6) is 5.75 Å². The third kappa shape index (κ3) is 3.66. The molecule has 3 aromatic rings. The maximum absolute atomic E-state index is 12.0. The van der Waals surface area contributed by atoms with Crippen molar-refractivity contribution in [2.75, 3.05) is 12.4 Å². The van der Waals surface area contributed by atoms with Crippen LogP contribution in [0.1, 0.15) is 18.2 Å². The Morgan fingerprint density at radius 3 is 2.67 bits per heavy atom. The van der Waals surface area contributed by atoms with E-state index in [2.05, 4.69) is 12.2 Å². The molecule has 0 fully saturated rings. The average Bonchev–Trinajstić information content (AvgIpc) is 3.02. The molecule has 1 aromatic heterocycles. The van der Waals surface area contributed by atoms with Crippen LogP contribution in [-0.2, 0) is 11.2 Å². The number of anilines is 1. The fraction of sp³-hybridized carbons (Fsp3) is 0.150. The fourth-order valence-corrected chi connectivity index (χ4v) is 2.42. The second-order valence-electron chi connectivity index (χ2n) is 5.43. The lowest BCUT2D eigenvalue weighted by Crippen LogP contribution is -2.07. The van der Waals surface area contributed by atoms with Gasteiger partial charge in [-0.05, 0) is 54.5 Å². The van der Waals surface area contributed by atoms with Crippen LogP contribution in [-0.4, -0.2) is 13.0 Å². The van der Waals surface area contributed by atoms with Gasteiger partial charge in [0.05, 0.1) is 7.11 Å². The maximum atomic E-state index is 12.0. The zero-order chi connectivity index (χ0) is 16.9. The number of carbonyl (C=O) groups excluding carboxylic acids is 1. The molecule has 2 aromatic carbocycles. The minimum atomic E-state index is -0.197. The van der Waals surface area contributed by atoms with E-state index in [-0.39, 0.29) is 5.91 Å². The number of ether oxygens (including phenoxy) is 1. The summed E-state index contributed by atoms with van der Waals surface area (Å²) in [6, 6.07) is 15.3. The summed E-state index contributed by atoms with van der Waals surface area (Å²) in [6.45, 7) is 2.10. The van der Waals surface area contributed by atoms with E-state index in [0.717, 1.165) is 28.8 Å². The molecular weight excluding hydrogens is 302 g/mol. The van der Waals surface area contributed by atoms with Gasteiger partial charge < -0.3 is 14.5 Å². The van der Waals surface area contributed by atoms with Crippen LogP contribution in [0.2, 0.25) is 0 Å². The Morgan fingerprint density at radius 2 is 1.96 bits per heavy atom. The normalized spacial score (nSPS) is 11.1. The zero-order valence-electron chi connectivity index (χ0n) is 13.7. The average molecular weight is 321 g/mol. The van der Waals surface area contributed by atoms with Gasteiger partial charge in [0.2, 0.25) is 5.91 Å². The number of furan rings is 1. The SMILES string of the molecule is CCc1ccc(NC(=O)/C=C/c2cc3cc(OC)ccc3o2)cc1. The summed E-state index contributed by atoms with van der Waals surface area (Å²) in [4.78, 5) is 12.0. The highest BCUT2D eigenvalue weighted by Gasteiger charge is 2.04. The number of nitrogens with one attached hydrogen (secondary N) is 1. The van der Waals surface area contributed by atoms with Crippen LogP contribution in [0.15, 0.2) is 59.0 Å². The summed E-state index contributed by atoms with van der Waals surface area (Å²) < 4.78 is 10.9. The first-order chi connectivity index (χ1) is 11.7. The third-order valence-electron chi connectivity index (χ3n) is 3.77. The first-order valence-corrected chi connectivity index (χ1v) is 7.83. The van der Waals surface area contributed by atoms with Gasteiger partial charge in [0.1, 0.15) is 17.1 Å². The summed E-state index contributed by atoms with van der Waals surface area (Å²) in [5.41, 5.74) is 2.77. The second kappa shape index (κ2) is 7.04. The Morgan fingerprint density at radius 1 is 1.17 bits per heavy atom. The van der Waals surface area contributed by atoms with E-state index in [1.54, 1.807) is 13.2 Å². The molecule has 0 aliphatic rings. The standard InChI is InChI=1S/C20H19NO3/c1-3-14-4-6-16(7-5-14)21-20(22)11-9-18-13-15-12-17(23-2)8-10-19(15)24-18/h4-13H,3H2,1-2H3,(H,21,22)/b11-9+. The number of fused-ring (bicyclic) bond motifs is 1. The summed E-state index contributed by atoms with van der Waals surface area (Å²) in [6.07, 6.45) is 4.09. The number of aryl methyl sites for hydroxylation is 1. The van der Waals surface area contributed by atoms with Crippen LogP contribution in [0, 0.1) is 0 Å². The number of amides is 1. The van der Waals surface area contributed by atoms with E-state index in [1.165, 1.54) is 11.6 Å². The molecule has 4 nitrogen and oxygen atoms in total. The Kier molecular flexibility index (Phi) is 4.66. The molecule has 1 amide bonds. The van der Waals surface area contributed by atoms with Gasteiger partial charge in [0.15, 0.2) is 0 Å². The predicted octanol–water partition coefficient (Wildman–Crippen LogP) is 4.66. The largest absolute Gasteiger partial charge is 0.497 e. The summed E-state index contributed by atoms with van der Waals surface area (Å²) in [7, 11) is 1.62. The van der Waals surface area contributed by atoms with Gasteiger partial charge in [-0.15, -0.1) is 0 Å². The molecular formula is C20H19NO3. The van der Waals surface area contributed by atoms with Crippen molar-refractivity contribution in [1.29, 1.82) is 0 Å². The van der Waals surface area contributed by atoms with Gasteiger partial charge in [0, 0.05) is 17.1 Å². The molecule has 3 rings (SSSR count). The van der Waals surface area contributed by atoms with Crippen molar-refractivity contribution < 1.29 is 13.9 Å². The van der Waals surface area contributed by atoms with Crippen molar-refractivity contribution in [3.63, 3.8) is 0 Å². The summed E-state index contributed by atoms with van der Waals surface area (Å²) >= 11 is 0. The Balaban J connectivity index is 1.68. The van der Waals surface area contributed by atoms with E-state index in [4.69, 9.17) is 9.15 Å². The van der Waals surface area contributed by atoms with Crippen LogP contribution in [0.4, 0.5) is 5.69 Å². The third-order valence-corrected chi connectivity index (χ3v) is 3.77. The van der Waals surface area contributed by atoms with Gasteiger partial charge in [-0.1, -0.05) is 19.1 Å². The number of hydrogen-bond donors (Lipinski definition) is 1. The predicted molar refractivity (Wildman–Crippen MR) is 96.2 cm³/mol. The quantitative estimate of drug-likeness (QED) is 0.696. The van der Waals surface area contributed by atoms with Crippen LogP contribution in [0.25, 0.3) is 17.0 Å². The lowest BCUT2D eigenvalue weighted by molar-refractivity contribution is -0.111. The van der Waals surface area contributed by atoms with Crippen molar-refractivity contribution in [3.8, 4) is 5.75 Å². The van der Waals surface area contributed by atoms with E-state index < -0.39 is 0 Å². The topological polar surface area (TPSA) is 51.5 Å². The molecule has 0 saturated carbocycles. The van der Waals surface area contributed by atoms with Gasteiger partial charge in [0.25, 0.3) is 0 Å². The van der Waals surface area contributed by atoms with Gasteiger partial charge in [-0.3, -0.25) is 4.79 Å². The van der Waals surface area contributed by atoms with E-state index in [0.29, 0.717) is 5.76 Å². The number of rotatable bonds is 5. The van der Waals surface area contributed by atoms with Crippen molar-refractivity contribution >= 4 is 28.6 Å². The van der Waals surface area contributed by atoms with E-state index >= 15 is 0 Å². The zero-order valence-corrected chi connectivity index (χ0v) is 13.7. The van der Waals surface area contributed by atoms with Crippen molar-refractivity contribution in [3.05, 3.63) is 65.9 Å². The molecule has 0 saturated heterocycles. The smallest absolute Gasteiger partial charge is 0.248 e. The van der Waals surface area contributed by atoms with Crippen molar-refractivity contribution in [2.24, 2.45) is 0 Å². The number of benzene rings is 2. The summed E-state index contributed by atoms with van der Waals surface area (Å²) in [5.74, 6) is 1.19. The van der Waals surface area contributed by atoms with Crippen LogP contribution >= 0.6 is 0 Å². The molecule has 0 radical (unpaired) electrons. The molecule has 0 spiro atoms. The number of hydrogen-bond acceptors (Lipinski definition) is 3. The minimum Gasteiger partial charge on any atom is -0.497 e. The maximum Gasteiger partial charge on any atom is 0.248 e. The first-order valence-electron chi connectivity index (χ1n) is 7.83. The molecule has 0 atom stereocenters. The molecule has 0 bridgehead atoms. The van der Waals surface area contributed by atoms with Gasteiger partial charge in [-0.2, -0.15) is 0 Å².